The second kappa shape index (κ2) is 8.29. The van der Waals surface area contributed by atoms with Crippen LogP contribution in [0.15, 0.2) is 30.5 Å². The molecule has 0 bridgehead atoms. The van der Waals surface area contributed by atoms with Crippen molar-refractivity contribution in [2.45, 2.75) is 38.9 Å². The Morgan fingerprint density at radius 3 is 2.88 bits per heavy atom. The number of nitrogens with zero attached hydrogens (tertiary/aromatic N) is 1. The van der Waals surface area contributed by atoms with Gasteiger partial charge in [0.05, 0.1) is 13.2 Å². The van der Waals surface area contributed by atoms with Gasteiger partial charge in [0.25, 0.3) is 0 Å². The summed E-state index contributed by atoms with van der Waals surface area (Å²) in [6, 6.07) is 7.03. The standard InChI is InChI=1S/C20H26N4O2/c1-13-18(17-7-8-22-10-15(17)11-23-13)12-24-20(25)19(21)9-14-3-5-16(26-2)6-4-14/h3-6,11,19,22H,7-10,12,21H2,1-2H3,(H,24,25)/t19-/m0/s1. The first kappa shape index (κ1) is 18.4. The van der Waals surface area contributed by atoms with Crippen LogP contribution < -0.4 is 21.1 Å². The molecule has 1 aliphatic rings. The third kappa shape index (κ3) is 4.20. The molecule has 6 nitrogen and oxygen atoms in total. The van der Waals surface area contributed by atoms with Crippen LogP contribution in [0.1, 0.15) is 27.9 Å². The Morgan fingerprint density at radius 1 is 1.38 bits per heavy atom. The Bertz CT molecular complexity index is 774. The molecule has 1 aromatic heterocycles. The lowest BCUT2D eigenvalue weighted by molar-refractivity contribution is -0.122. The number of fused-ring (bicyclic) bond motifs is 1. The number of benzene rings is 1. The molecule has 0 radical (unpaired) electrons. The van der Waals surface area contributed by atoms with Crippen molar-refractivity contribution in [3.63, 3.8) is 0 Å². The molecule has 2 aromatic rings. The maximum Gasteiger partial charge on any atom is 0.237 e. The van der Waals surface area contributed by atoms with Gasteiger partial charge in [-0.2, -0.15) is 0 Å². The van der Waals surface area contributed by atoms with Crippen LogP contribution in [-0.4, -0.2) is 30.6 Å². The smallest absolute Gasteiger partial charge is 0.237 e. The average molecular weight is 354 g/mol. The van der Waals surface area contributed by atoms with E-state index in [9.17, 15) is 4.79 Å². The number of nitrogens with two attached hydrogens (primary N) is 1. The normalized spacial score (nSPS) is 14.4. The number of aromatic nitrogens is 1. The number of hydrogen-bond donors (Lipinski definition) is 3. The second-order valence-electron chi connectivity index (χ2n) is 6.63. The van der Waals surface area contributed by atoms with Crippen LogP contribution in [0.5, 0.6) is 5.75 Å². The Kier molecular flexibility index (Phi) is 5.85. The number of hydrogen-bond acceptors (Lipinski definition) is 5. The van der Waals surface area contributed by atoms with E-state index < -0.39 is 6.04 Å². The summed E-state index contributed by atoms with van der Waals surface area (Å²) in [5, 5.41) is 6.33. The first-order valence-electron chi connectivity index (χ1n) is 8.91. The van der Waals surface area contributed by atoms with Crippen molar-refractivity contribution in [2.24, 2.45) is 5.73 Å². The lowest BCUT2D eigenvalue weighted by Gasteiger charge is -2.22. The van der Waals surface area contributed by atoms with Gasteiger partial charge in [-0.3, -0.25) is 9.78 Å². The van der Waals surface area contributed by atoms with Crippen LogP contribution in [0.25, 0.3) is 0 Å². The summed E-state index contributed by atoms with van der Waals surface area (Å²) in [6.07, 6.45) is 3.38. The maximum atomic E-state index is 12.4. The summed E-state index contributed by atoms with van der Waals surface area (Å²) < 4.78 is 5.14. The number of carbonyl (C=O) groups is 1. The molecular formula is C20H26N4O2. The fourth-order valence-corrected chi connectivity index (χ4v) is 3.29. The molecule has 1 amide bonds. The van der Waals surface area contributed by atoms with Gasteiger partial charge < -0.3 is 21.1 Å². The van der Waals surface area contributed by atoms with E-state index >= 15 is 0 Å². The highest BCUT2D eigenvalue weighted by molar-refractivity contribution is 5.81. The highest BCUT2D eigenvalue weighted by Crippen LogP contribution is 2.20. The highest BCUT2D eigenvalue weighted by Gasteiger charge is 2.18. The number of amides is 1. The van der Waals surface area contributed by atoms with Gasteiger partial charge in [0.2, 0.25) is 5.91 Å². The first-order valence-corrected chi connectivity index (χ1v) is 8.91. The van der Waals surface area contributed by atoms with Crippen LogP contribution in [0.3, 0.4) is 0 Å². The summed E-state index contributed by atoms with van der Waals surface area (Å²) in [4.78, 5) is 16.9. The van der Waals surface area contributed by atoms with E-state index in [1.807, 2.05) is 37.4 Å². The van der Waals surface area contributed by atoms with Crippen molar-refractivity contribution < 1.29 is 9.53 Å². The minimum Gasteiger partial charge on any atom is -0.497 e. The van der Waals surface area contributed by atoms with Gasteiger partial charge in [0, 0.05) is 25.0 Å². The molecule has 0 spiro atoms. The number of pyridine rings is 1. The Morgan fingerprint density at radius 2 is 2.15 bits per heavy atom. The molecule has 4 N–H and O–H groups in total. The van der Waals surface area contributed by atoms with Crippen molar-refractivity contribution >= 4 is 5.91 Å². The van der Waals surface area contributed by atoms with Gasteiger partial charge in [-0.15, -0.1) is 0 Å². The lowest BCUT2D eigenvalue weighted by Crippen LogP contribution is -2.42. The van der Waals surface area contributed by atoms with Crippen molar-refractivity contribution in [1.82, 2.24) is 15.6 Å². The van der Waals surface area contributed by atoms with Gasteiger partial charge in [-0.25, -0.2) is 0 Å². The Labute approximate surface area is 154 Å². The molecule has 1 aliphatic heterocycles. The molecule has 3 rings (SSSR count). The summed E-state index contributed by atoms with van der Waals surface area (Å²) in [6.45, 7) is 4.24. The molecule has 0 saturated carbocycles. The Hall–Kier alpha value is -2.44. The van der Waals surface area contributed by atoms with Crippen LogP contribution in [0.2, 0.25) is 0 Å². The number of ether oxygens (including phenoxy) is 1. The van der Waals surface area contributed by atoms with E-state index in [0.29, 0.717) is 13.0 Å². The maximum absolute atomic E-state index is 12.4. The summed E-state index contributed by atoms with van der Waals surface area (Å²) in [5.41, 5.74) is 11.7. The molecule has 26 heavy (non-hydrogen) atoms. The van der Waals surface area contributed by atoms with Gasteiger partial charge in [-0.1, -0.05) is 12.1 Å². The molecule has 2 heterocycles. The monoisotopic (exact) mass is 354 g/mol. The summed E-state index contributed by atoms with van der Waals surface area (Å²) >= 11 is 0. The SMILES string of the molecule is COc1ccc(C[C@H](N)C(=O)NCc2c(C)ncc3c2CCNC3)cc1. The first-order chi connectivity index (χ1) is 12.6. The van der Waals surface area contributed by atoms with Gasteiger partial charge in [0.15, 0.2) is 0 Å². The minimum atomic E-state index is -0.585. The number of methoxy groups -OCH3 is 1. The van der Waals surface area contributed by atoms with E-state index in [1.54, 1.807) is 7.11 Å². The Balaban J connectivity index is 1.61. The van der Waals surface area contributed by atoms with Crippen molar-refractivity contribution in [2.75, 3.05) is 13.7 Å². The molecule has 0 fully saturated rings. The van der Waals surface area contributed by atoms with E-state index in [4.69, 9.17) is 10.5 Å². The van der Waals surface area contributed by atoms with E-state index in [2.05, 4.69) is 15.6 Å². The fraction of sp³-hybridized carbons (Fsp3) is 0.400. The molecule has 1 aromatic carbocycles. The average Bonchev–Trinajstić information content (AvgIpc) is 2.67. The topological polar surface area (TPSA) is 89.3 Å². The predicted molar refractivity (Wildman–Crippen MR) is 101 cm³/mol. The zero-order valence-corrected chi connectivity index (χ0v) is 15.3. The van der Waals surface area contributed by atoms with E-state index in [1.165, 1.54) is 11.1 Å². The predicted octanol–water partition coefficient (Wildman–Crippen LogP) is 1.23. The minimum absolute atomic E-state index is 0.147. The van der Waals surface area contributed by atoms with Crippen molar-refractivity contribution in [1.29, 1.82) is 0 Å². The van der Waals surface area contributed by atoms with Gasteiger partial charge in [0.1, 0.15) is 5.75 Å². The lowest BCUT2D eigenvalue weighted by atomic mass is 9.96. The molecule has 0 saturated heterocycles. The third-order valence-corrected chi connectivity index (χ3v) is 4.86. The largest absolute Gasteiger partial charge is 0.497 e. The van der Waals surface area contributed by atoms with Crippen LogP contribution >= 0.6 is 0 Å². The van der Waals surface area contributed by atoms with Crippen LogP contribution in [0, 0.1) is 6.92 Å². The molecule has 138 valence electrons. The van der Waals surface area contributed by atoms with Crippen LogP contribution in [0.4, 0.5) is 0 Å². The summed E-state index contributed by atoms with van der Waals surface area (Å²) in [5.74, 6) is 0.643. The molecular weight excluding hydrogens is 328 g/mol. The number of aryl methyl sites for hydroxylation is 1. The summed E-state index contributed by atoms with van der Waals surface area (Å²) in [7, 11) is 1.63. The number of nitrogens with one attached hydrogen (secondary N) is 2. The van der Waals surface area contributed by atoms with E-state index in [-0.39, 0.29) is 5.91 Å². The molecule has 0 aliphatic carbocycles. The van der Waals surface area contributed by atoms with Gasteiger partial charge in [-0.05, 0) is 60.7 Å². The van der Waals surface area contributed by atoms with E-state index in [0.717, 1.165) is 42.1 Å². The molecule has 1 atom stereocenters. The second-order valence-corrected chi connectivity index (χ2v) is 6.63. The fourth-order valence-electron chi connectivity index (χ4n) is 3.29. The number of carbonyl (C=O) groups excluding carboxylic acids is 1. The van der Waals surface area contributed by atoms with Crippen molar-refractivity contribution in [3.8, 4) is 5.75 Å². The van der Waals surface area contributed by atoms with Crippen molar-refractivity contribution in [3.05, 3.63) is 58.4 Å². The van der Waals surface area contributed by atoms with Crippen LogP contribution in [-0.2, 0) is 30.7 Å². The number of rotatable bonds is 6. The highest BCUT2D eigenvalue weighted by atomic mass is 16.5. The molecule has 6 heteroatoms. The zero-order chi connectivity index (χ0) is 18.5. The quantitative estimate of drug-likeness (QED) is 0.726. The molecule has 0 unspecified atom stereocenters. The van der Waals surface area contributed by atoms with Gasteiger partial charge >= 0.3 is 0 Å². The zero-order valence-electron chi connectivity index (χ0n) is 15.3. The third-order valence-electron chi connectivity index (χ3n) is 4.86.